The van der Waals surface area contributed by atoms with E-state index < -0.39 is 5.91 Å². The molecule has 0 radical (unpaired) electrons. The molecule has 1 rings (SSSR count). The molecule has 1 aromatic carbocycles. The summed E-state index contributed by atoms with van der Waals surface area (Å²) in [6.07, 6.45) is 0.744. The fourth-order valence-corrected chi connectivity index (χ4v) is 1.64. The molecule has 0 aliphatic carbocycles. The van der Waals surface area contributed by atoms with Gasteiger partial charge in [-0.15, -0.1) is 0 Å². The van der Waals surface area contributed by atoms with Crippen LogP contribution in [-0.2, 0) is 16.0 Å². The largest absolute Gasteiger partial charge is 0.370 e. The number of hydrogen-bond acceptors (Lipinski definition) is 3. The van der Waals surface area contributed by atoms with Gasteiger partial charge in [0.2, 0.25) is 5.91 Å². The fraction of sp³-hybridized carbons (Fsp3) is 0.462. The van der Waals surface area contributed by atoms with Gasteiger partial charge in [-0.25, -0.2) is 4.39 Å². The molecule has 1 aromatic rings. The van der Waals surface area contributed by atoms with Gasteiger partial charge in [0.05, 0.1) is 6.61 Å². The van der Waals surface area contributed by atoms with Crippen LogP contribution in [0.1, 0.15) is 12.5 Å². The number of primary amides is 1. The quantitative estimate of drug-likeness (QED) is 0.676. The van der Waals surface area contributed by atoms with Crippen molar-refractivity contribution in [2.24, 2.45) is 5.73 Å². The van der Waals surface area contributed by atoms with E-state index in [1.165, 1.54) is 12.1 Å². The lowest BCUT2D eigenvalue weighted by Gasteiger charge is -2.13. The van der Waals surface area contributed by atoms with E-state index >= 15 is 0 Å². The molecule has 1 amide bonds. The summed E-state index contributed by atoms with van der Waals surface area (Å²) in [4.78, 5) is 10.4. The average Bonchev–Trinajstić information content (AvgIpc) is 2.28. The minimum absolute atomic E-state index is 0.0556. The fourth-order valence-electron chi connectivity index (χ4n) is 1.64. The summed E-state index contributed by atoms with van der Waals surface area (Å²) in [7, 11) is 0. The summed E-state index contributed by atoms with van der Waals surface area (Å²) in [5.74, 6) is -0.688. The van der Waals surface area contributed by atoms with Crippen molar-refractivity contribution in [3.8, 4) is 0 Å². The second kappa shape index (κ2) is 7.79. The number of rotatable bonds is 8. The molecule has 0 bridgehead atoms. The number of carbonyl (C=O) groups is 1. The summed E-state index contributed by atoms with van der Waals surface area (Å²) < 4.78 is 18.0. The second-order valence-corrected chi connectivity index (χ2v) is 4.21. The number of amides is 1. The summed E-state index contributed by atoms with van der Waals surface area (Å²) >= 11 is 0. The predicted octanol–water partition coefficient (Wildman–Crippen LogP) is 0.848. The van der Waals surface area contributed by atoms with E-state index in [1.54, 1.807) is 6.07 Å². The maximum absolute atomic E-state index is 13.0. The highest BCUT2D eigenvalue weighted by molar-refractivity contribution is 5.74. The number of benzene rings is 1. The highest BCUT2D eigenvalue weighted by Crippen LogP contribution is 2.06. The second-order valence-electron chi connectivity index (χ2n) is 4.21. The Hall–Kier alpha value is -1.46. The van der Waals surface area contributed by atoms with Crippen LogP contribution < -0.4 is 11.1 Å². The van der Waals surface area contributed by atoms with E-state index in [1.807, 2.05) is 13.0 Å². The van der Waals surface area contributed by atoms with Crippen molar-refractivity contribution in [3.05, 3.63) is 35.6 Å². The monoisotopic (exact) mass is 254 g/mol. The molecule has 0 aliphatic heterocycles. The van der Waals surface area contributed by atoms with Gasteiger partial charge in [0, 0.05) is 12.6 Å². The summed E-state index contributed by atoms with van der Waals surface area (Å²) in [5, 5.41) is 3.22. The lowest BCUT2D eigenvalue weighted by Crippen LogP contribution is -2.32. The third kappa shape index (κ3) is 6.32. The molecule has 5 heteroatoms. The molecule has 1 atom stereocenters. The third-order valence-electron chi connectivity index (χ3n) is 2.41. The van der Waals surface area contributed by atoms with Crippen LogP contribution in [0, 0.1) is 5.82 Å². The van der Waals surface area contributed by atoms with Crippen LogP contribution in [0.3, 0.4) is 0 Å². The molecular formula is C13H19FN2O2. The summed E-state index contributed by atoms with van der Waals surface area (Å²) in [5.41, 5.74) is 5.88. The van der Waals surface area contributed by atoms with Gasteiger partial charge in [0.1, 0.15) is 12.4 Å². The van der Waals surface area contributed by atoms with Gasteiger partial charge in [-0.2, -0.15) is 0 Å². The first kappa shape index (κ1) is 14.6. The Morgan fingerprint density at radius 1 is 1.56 bits per heavy atom. The number of nitrogens with two attached hydrogens (primary N) is 1. The SMILES string of the molecule is CC(Cc1cccc(F)c1)NCCOCC(N)=O. The van der Waals surface area contributed by atoms with Crippen molar-refractivity contribution in [1.82, 2.24) is 5.32 Å². The Balaban J connectivity index is 2.17. The van der Waals surface area contributed by atoms with Crippen molar-refractivity contribution in [1.29, 1.82) is 0 Å². The topological polar surface area (TPSA) is 64.3 Å². The van der Waals surface area contributed by atoms with E-state index in [0.29, 0.717) is 13.2 Å². The molecule has 0 saturated carbocycles. The first-order valence-electron chi connectivity index (χ1n) is 5.92. The van der Waals surface area contributed by atoms with E-state index in [0.717, 1.165) is 12.0 Å². The molecule has 3 N–H and O–H groups in total. The molecule has 0 spiro atoms. The number of nitrogens with one attached hydrogen (secondary N) is 1. The Kier molecular flexibility index (Phi) is 6.32. The standard InChI is InChI=1S/C13H19FN2O2/c1-10(16-5-6-18-9-13(15)17)7-11-3-2-4-12(14)8-11/h2-4,8,10,16H,5-7,9H2,1H3,(H2,15,17). The van der Waals surface area contributed by atoms with Crippen molar-refractivity contribution in [3.63, 3.8) is 0 Å². The first-order valence-corrected chi connectivity index (χ1v) is 5.92. The number of carbonyl (C=O) groups excluding carboxylic acids is 1. The molecule has 18 heavy (non-hydrogen) atoms. The lowest BCUT2D eigenvalue weighted by molar-refractivity contribution is -0.122. The van der Waals surface area contributed by atoms with Crippen LogP contribution in [0.5, 0.6) is 0 Å². The van der Waals surface area contributed by atoms with E-state index in [-0.39, 0.29) is 18.5 Å². The van der Waals surface area contributed by atoms with Crippen LogP contribution in [-0.4, -0.2) is 31.7 Å². The lowest BCUT2D eigenvalue weighted by atomic mass is 10.1. The highest BCUT2D eigenvalue weighted by atomic mass is 19.1. The molecule has 0 saturated heterocycles. The van der Waals surface area contributed by atoms with E-state index in [4.69, 9.17) is 10.5 Å². The average molecular weight is 254 g/mol. The highest BCUT2D eigenvalue weighted by Gasteiger charge is 2.03. The Morgan fingerprint density at radius 2 is 2.33 bits per heavy atom. The number of halogens is 1. The molecule has 0 aliphatic rings. The third-order valence-corrected chi connectivity index (χ3v) is 2.41. The van der Waals surface area contributed by atoms with E-state index in [2.05, 4.69) is 5.32 Å². The zero-order chi connectivity index (χ0) is 13.4. The van der Waals surface area contributed by atoms with Crippen LogP contribution in [0.4, 0.5) is 4.39 Å². The molecule has 4 nitrogen and oxygen atoms in total. The maximum Gasteiger partial charge on any atom is 0.243 e. The van der Waals surface area contributed by atoms with Gasteiger partial charge < -0.3 is 15.8 Å². The minimum atomic E-state index is -0.470. The molecule has 0 fully saturated rings. The van der Waals surface area contributed by atoms with Crippen LogP contribution in [0.15, 0.2) is 24.3 Å². The zero-order valence-corrected chi connectivity index (χ0v) is 10.5. The Morgan fingerprint density at radius 3 is 3.00 bits per heavy atom. The first-order chi connectivity index (χ1) is 8.58. The Labute approximate surface area is 106 Å². The minimum Gasteiger partial charge on any atom is -0.370 e. The summed E-state index contributed by atoms with van der Waals surface area (Å²) in [6.45, 7) is 3.01. The molecule has 1 unspecified atom stereocenters. The van der Waals surface area contributed by atoms with Crippen LogP contribution in [0.2, 0.25) is 0 Å². The molecular weight excluding hydrogens is 235 g/mol. The van der Waals surface area contributed by atoms with E-state index in [9.17, 15) is 9.18 Å². The summed E-state index contributed by atoms with van der Waals surface area (Å²) in [6, 6.07) is 6.77. The smallest absolute Gasteiger partial charge is 0.243 e. The van der Waals surface area contributed by atoms with Gasteiger partial charge in [-0.05, 0) is 31.0 Å². The zero-order valence-electron chi connectivity index (χ0n) is 10.5. The van der Waals surface area contributed by atoms with Crippen molar-refractivity contribution in [2.45, 2.75) is 19.4 Å². The maximum atomic E-state index is 13.0. The van der Waals surface area contributed by atoms with Crippen LogP contribution >= 0.6 is 0 Å². The molecule has 0 heterocycles. The number of ether oxygens (including phenoxy) is 1. The van der Waals surface area contributed by atoms with Gasteiger partial charge in [0.15, 0.2) is 0 Å². The van der Waals surface area contributed by atoms with Crippen molar-refractivity contribution in [2.75, 3.05) is 19.8 Å². The van der Waals surface area contributed by atoms with Gasteiger partial charge in [0.25, 0.3) is 0 Å². The number of hydrogen-bond donors (Lipinski definition) is 2. The van der Waals surface area contributed by atoms with Crippen molar-refractivity contribution >= 4 is 5.91 Å². The van der Waals surface area contributed by atoms with Gasteiger partial charge in [-0.1, -0.05) is 12.1 Å². The van der Waals surface area contributed by atoms with Gasteiger partial charge >= 0.3 is 0 Å². The van der Waals surface area contributed by atoms with Gasteiger partial charge in [-0.3, -0.25) is 4.79 Å². The molecule has 100 valence electrons. The van der Waals surface area contributed by atoms with Crippen LogP contribution in [0.25, 0.3) is 0 Å². The van der Waals surface area contributed by atoms with Crippen molar-refractivity contribution < 1.29 is 13.9 Å². The predicted molar refractivity (Wildman–Crippen MR) is 67.6 cm³/mol. The molecule has 0 aromatic heterocycles. The normalized spacial score (nSPS) is 12.3. The Bertz CT molecular complexity index is 385.